The number of fused-ring (bicyclic) bond motifs is 1. The summed E-state index contributed by atoms with van der Waals surface area (Å²) in [6.07, 6.45) is -0.119. The third-order valence-corrected chi connectivity index (χ3v) is 6.05. The molecule has 0 saturated heterocycles. The van der Waals surface area contributed by atoms with Gasteiger partial charge in [-0.2, -0.15) is 0 Å². The van der Waals surface area contributed by atoms with E-state index in [0.29, 0.717) is 21.8 Å². The van der Waals surface area contributed by atoms with Crippen LogP contribution in [0.1, 0.15) is 36.5 Å². The van der Waals surface area contributed by atoms with Crippen LogP contribution >= 0.6 is 23.1 Å². The summed E-state index contributed by atoms with van der Waals surface area (Å²) in [7, 11) is 0. The van der Waals surface area contributed by atoms with Gasteiger partial charge in [0.05, 0.1) is 22.8 Å². The summed E-state index contributed by atoms with van der Waals surface area (Å²) in [5.41, 5.74) is 0.794. The number of aliphatic carboxylic acids is 1. The number of carboxylic acid groups (broad SMARTS) is 1. The molecule has 136 valence electrons. The fourth-order valence-electron chi connectivity index (χ4n) is 2.32. The second-order valence-corrected chi connectivity index (χ2v) is 8.47. The van der Waals surface area contributed by atoms with Gasteiger partial charge in [-0.3, -0.25) is 14.4 Å². The Morgan fingerprint density at radius 3 is 2.68 bits per heavy atom. The summed E-state index contributed by atoms with van der Waals surface area (Å²) in [4.78, 5) is 44.0. The lowest BCUT2D eigenvalue weighted by Crippen LogP contribution is -2.38. The number of nitrogens with one attached hydrogen (secondary N) is 2. The van der Waals surface area contributed by atoms with E-state index < -0.39 is 12.0 Å². The van der Waals surface area contributed by atoms with Crippen LogP contribution in [0, 0.1) is 13.8 Å². The maximum absolute atomic E-state index is 12.2. The summed E-state index contributed by atoms with van der Waals surface area (Å²) >= 11 is 2.83. The molecule has 0 aromatic carbocycles. The summed E-state index contributed by atoms with van der Waals surface area (Å²) in [6.45, 7) is 7.26. The maximum atomic E-state index is 12.2. The van der Waals surface area contributed by atoms with Gasteiger partial charge in [-0.15, -0.1) is 23.1 Å². The smallest absolute Gasteiger partial charge is 0.305 e. The molecule has 2 rings (SSSR count). The van der Waals surface area contributed by atoms with Crippen LogP contribution in [0.25, 0.3) is 10.2 Å². The molecule has 9 heteroatoms. The van der Waals surface area contributed by atoms with Crippen molar-refractivity contribution in [2.45, 2.75) is 51.2 Å². The number of aromatic amines is 1. The number of H-pyrrole nitrogens is 1. The van der Waals surface area contributed by atoms with Crippen molar-refractivity contribution in [3.8, 4) is 0 Å². The minimum absolute atomic E-state index is 0.119. The number of hydrogen-bond donors (Lipinski definition) is 3. The van der Waals surface area contributed by atoms with Crippen molar-refractivity contribution in [1.82, 2.24) is 15.3 Å². The zero-order chi connectivity index (χ0) is 18.7. The molecule has 2 aromatic heterocycles. The number of carboxylic acids is 1. The normalized spacial score (nSPS) is 13.6. The van der Waals surface area contributed by atoms with Crippen LogP contribution in [0.4, 0.5) is 0 Å². The van der Waals surface area contributed by atoms with Crippen LogP contribution in [-0.2, 0) is 15.3 Å². The SMILES string of the molecule is Cc1sc2nc(CSC(C)C(=O)NC(C)CC(=O)O)[nH]c(=O)c2c1C. The molecule has 0 aliphatic carbocycles. The number of hydrogen-bond acceptors (Lipinski definition) is 6. The van der Waals surface area contributed by atoms with E-state index in [1.54, 1.807) is 13.8 Å². The molecule has 7 nitrogen and oxygen atoms in total. The predicted molar refractivity (Wildman–Crippen MR) is 100 cm³/mol. The molecule has 0 aliphatic heterocycles. The van der Waals surface area contributed by atoms with Gasteiger partial charge >= 0.3 is 5.97 Å². The van der Waals surface area contributed by atoms with Crippen LogP contribution < -0.4 is 10.9 Å². The molecule has 1 amide bonds. The average molecular weight is 383 g/mol. The van der Waals surface area contributed by atoms with Crippen molar-refractivity contribution in [2.75, 3.05) is 0 Å². The molecule has 0 aliphatic rings. The van der Waals surface area contributed by atoms with E-state index in [1.165, 1.54) is 23.1 Å². The van der Waals surface area contributed by atoms with Gasteiger partial charge in [0.1, 0.15) is 10.7 Å². The second kappa shape index (κ2) is 8.01. The number of carbonyl (C=O) groups excluding carboxylic acids is 1. The number of rotatable bonds is 7. The third kappa shape index (κ3) is 4.82. The molecular weight excluding hydrogens is 362 g/mol. The Morgan fingerprint density at radius 2 is 2.04 bits per heavy atom. The van der Waals surface area contributed by atoms with Crippen LogP contribution in [0.3, 0.4) is 0 Å². The maximum Gasteiger partial charge on any atom is 0.305 e. The lowest BCUT2D eigenvalue weighted by molar-refractivity contribution is -0.137. The fraction of sp³-hybridized carbons (Fsp3) is 0.500. The van der Waals surface area contributed by atoms with Crippen molar-refractivity contribution in [1.29, 1.82) is 0 Å². The first-order valence-corrected chi connectivity index (χ1v) is 9.68. The highest BCUT2D eigenvalue weighted by Crippen LogP contribution is 2.26. The molecule has 2 aromatic rings. The third-order valence-electron chi connectivity index (χ3n) is 3.80. The van der Waals surface area contributed by atoms with Crippen molar-refractivity contribution in [3.05, 3.63) is 26.6 Å². The second-order valence-electron chi connectivity index (χ2n) is 5.94. The van der Waals surface area contributed by atoms with Gasteiger partial charge in [0, 0.05) is 10.9 Å². The lowest BCUT2D eigenvalue weighted by Gasteiger charge is -2.15. The Balaban J connectivity index is 2.01. The van der Waals surface area contributed by atoms with Gasteiger partial charge in [-0.1, -0.05) is 0 Å². The molecule has 0 radical (unpaired) electrons. The molecule has 2 heterocycles. The molecule has 2 atom stereocenters. The number of thiophene rings is 1. The highest BCUT2D eigenvalue weighted by molar-refractivity contribution is 7.99. The Labute approximate surface area is 153 Å². The predicted octanol–water partition coefficient (Wildman–Crippen LogP) is 2.20. The van der Waals surface area contributed by atoms with Gasteiger partial charge in [0.25, 0.3) is 5.56 Å². The first-order chi connectivity index (χ1) is 11.7. The number of aromatic nitrogens is 2. The average Bonchev–Trinajstić information content (AvgIpc) is 2.78. The van der Waals surface area contributed by atoms with Gasteiger partial charge in [0.15, 0.2) is 0 Å². The Kier molecular flexibility index (Phi) is 6.23. The van der Waals surface area contributed by atoms with Crippen molar-refractivity contribution in [2.24, 2.45) is 0 Å². The van der Waals surface area contributed by atoms with E-state index in [1.807, 2.05) is 13.8 Å². The van der Waals surface area contributed by atoms with Crippen molar-refractivity contribution < 1.29 is 14.7 Å². The largest absolute Gasteiger partial charge is 0.481 e. The van der Waals surface area contributed by atoms with Gasteiger partial charge in [0.2, 0.25) is 5.91 Å². The summed E-state index contributed by atoms with van der Waals surface area (Å²) in [5.74, 6) is -0.264. The molecule has 0 saturated carbocycles. The van der Waals surface area contributed by atoms with Gasteiger partial charge < -0.3 is 15.4 Å². The Bertz CT molecular complexity index is 859. The van der Waals surface area contributed by atoms with E-state index in [0.717, 1.165) is 10.4 Å². The summed E-state index contributed by atoms with van der Waals surface area (Å²) in [5, 5.41) is 11.6. The quantitative estimate of drug-likeness (QED) is 0.676. The fourth-order valence-corrected chi connectivity index (χ4v) is 4.13. The molecule has 25 heavy (non-hydrogen) atoms. The molecule has 0 fully saturated rings. The Hall–Kier alpha value is -1.87. The van der Waals surface area contributed by atoms with E-state index in [9.17, 15) is 14.4 Å². The van der Waals surface area contributed by atoms with Gasteiger partial charge in [-0.05, 0) is 33.3 Å². The zero-order valence-corrected chi connectivity index (χ0v) is 16.1. The molecule has 2 unspecified atom stereocenters. The molecule has 0 spiro atoms. The molecule has 3 N–H and O–H groups in total. The minimum atomic E-state index is -0.954. The van der Waals surface area contributed by atoms with E-state index in [-0.39, 0.29) is 23.1 Å². The van der Waals surface area contributed by atoms with Gasteiger partial charge in [-0.25, -0.2) is 4.98 Å². The molecular formula is C16H21N3O4S2. The number of aryl methyl sites for hydroxylation is 2. The number of nitrogens with zero attached hydrogens (tertiary/aromatic N) is 1. The van der Waals surface area contributed by atoms with Crippen LogP contribution in [0.2, 0.25) is 0 Å². The number of carbonyl (C=O) groups is 2. The van der Waals surface area contributed by atoms with E-state index in [4.69, 9.17) is 5.11 Å². The zero-order valence-electron chi connectivity index (χ0n) is 14.5. The highest BCUT2D eigenvalue weighted by atomic mass is 32.2. The lowest BCUT2D eigenvalue weighted by atomic mass is 10.2. The van der Waals surface area contributed by atoms with Crippen molar-refractivity contribution in [3.63, 3.8) is 0 Å². The topological polar surface area (TPSA) is 112 Å². The standard InChI is InChI=1S/C16H21N3O4S2/c1-7(5-12(20)21)17-14(22)10(4)24-6-11-18-15(23)13-8(2)9(3)25-16(13)19-11/h7,10H,5-6H2,1-4H3,(H,17,22)(H,20,21)(H,18,19,23). The first kappa shape index (κ1) is 19.5. The monoisotopic (exact) mass is 383 g/mol. The first-order valence-electron chi connectivity index (χ1n) is 7.81. The number of thioether (sulfide) groups is 1. The van der Waals surface area contributed by atoms with Crippen molar-refractivity contribution >= 4 is 45.2 Å². The number of amides is 1. The summed E-state index contributed by atoms with van der Waals surface area (Å²) in [6, 6.07) is -0.431. The summed E-state index contributed by atoms with van der Waals surface area (Å²) < 4.78 is 0. The van der Waals surface area contributed by atoms with Crippen LogP contribution in [0.15, 0.2) is 4.79 Å². The Morgan fingerprint density at radius 1 is 1.36 bits per heavy atom. The minimum Gasteiger partial charge on any atom is -0.481 e. The van der Waals surface area contributed by atoms with Crippen LogP contribution in [0.5, 0.6) is 0 Å². The highest BCUT2D eigenvalue weighted by Gasteiger charge is 2.18. The van der Waals surface area contributed by atoms with E-state index in [2.05, 4.69) is 15.3 Å². The van der Waals surface area contributed by atoms with E-state index >= 15 is 0 Å². The molecule has 0 bridgehead atoms. The van der Waals surface area contributed by atoms with Crippen LogP contribution in [-0.4, -0.2) is 38.2 Å².